The Morgan fingerprint density at radius 1 is 0.767 bits per heavy atom. The second-order valence-corrected chi connectivity index (χ2v) is 8.26. The van der Waals surface area contributed by atoms with Crippen LogP contribution < -0.4 is 4.74 Å². The Labute approximate surface area is 180 Å². The van der Waals surface area contributed by atoms with E-state index >= 15 is 0 Å². The Balaban J connectivity index is 1.33. The first kappa shape index (κ1) is 20.4. The molecule has 4 rings (SSSR count). The van der Waals surface area contributed by atoms with Crippen molar-refractivity contribution in [2.45, 2.75) is 39.3 Å². The molecule has 0 radical (unpaired) electrons. The van der Waals surface area contributed by atoms with Gasteiger partial charge in [0.25, 0.3) is 0 Å². The van der Waals surface area contributed by atoms with E-state index in [0.29, 0.717) is 6.61 Å². The predicted octanol–water partition coefficient (Wildman–Crippen LogP) is 6.73. The summed E-state index contributed by atoms with van der Waals surface area (Å²) < 4.78 is 5.97. The van der Waals surface area contributed by atoms with Crippen LogP contribution in [0.2, 0.25) is 0 Å². The minimum atomic E-state index is 0.589. The maximum absolute atomic E-state index is 5.97. The van der Waals surface area contributed by atoms with Gasteiger partial charge in [0.1, 0.15) is 12.4 Å². The molecule has 0 spiro atoms. The van der Waals surface area contributed by atoms with Gasteiger partial charge in [-0.05, 0) is 67.2 Å². The molecule has 0 aromatic heterocycles. The maximum atomic E-state index is 5.97. The first-order valence-electron chi connectivity index (χ1n) is 11.0. The first-order chi connectivity index (χ1) is 14.7. The highest BCUT2D eigenvalue weighted by atomic mass is 16.5. The second-order valence-electron chi connectivity index (χ2n) is 8.26. The zero-order chi connectivity index (χ0) is 20.6. The minimum Gasteiger partial charge on any atom is -0.489 e. The molecular weight excluding hydrogens is 366 g/mol. The van der Waals surface area contributed by atoms with Gasteiger partial charge in [-0.3, -0.25) is 4.90 Å². The molecule has 0 N–H and O–H groups in total. The highest BCUT2D eigenvalue weighted by Crippen LogP contribution is 2.18. The standard InChI is InChI=1S/C28H31NO/c1-23-8-10-27(11-9-23)22-30-28-7-5-6-25(20-28)15-12-24-13-16-26(17-14-24)21-29-18-3-2-4-19-29/h5-17,20H,2-4,18-19,21-22H2,1H3. The molecule has 154 valence electrons. The number of ether oxygens (including phenoxy) is 1. The molecule has 0 aliphatic carbocycles. The fraction of sp³-hybridized carbons (Fsp3) is 0.286. The molecule has 0 unspecified atom stereocenters. The highest BCUT2D eigenvalue weighted by Gasteiger charge is 2.09. The van der Waals surface area contributed by atoms with Gasteiger partial charge >= 0.3 is 0 Å². The summed E-state index contributed by atoms with van der Waals surface area (Å²) in [6, 6.07) is 25.7. The molecule has 0 bridgehead atoms. The molecular formula is C28H31NO. The molecule has 1 aliphatic rings. The number of nitrogens with zero attached hydrogens (tertiary/aromatic N) is 1. The van der Waals surface area contributed by atoms with Gasteiger partial charge in [0, 0.05) is 6.54 Å². The summed E-state index contributed by atoms with van der Waals surface area (Å²) in [5, 5.41) is 0. The van der Waals surface area contributed by atoms with Crippen molar-refractivity contribution in [2.24, 2.45) is 0 Å². The molecule has 1 heterocycles. The summed E-state index contributed by atoms with van der Waals surface area (Å²) >= 11 is 0. The van der Waals surface area contributed by atoms with Gasteiger partial charge in [0.2, 0.25) is 0 Å². The van der Waals surface area contributed by atoms with E-state index in [-0.39, 0.29) is 0 Å². The van der Waals surface area contributed by atoms with Crippen molar-refractivity contribution in [2.75, 3.05) is 13.1 Å². The van der Waals surface area contributed by atoms with Gasteiger partial charge in [0.05, 0.1) is 0 Å². The van der Waals surface area contributed by atoms with E-state index in [2.05, 4.69) is 84.6 Å². The van der Waals surface area contributed by atoms with E-state index in [4.69, 9.17) is 4.74 Å². The summed E-state index contributed by atoms with van der Waals surface area (Å²) in [6.07, 6.45) is 8.39. The fourth-order valence-electron chi connectivity index (χ4n) is 3.86. The van der Waals surface area contributed by atoms with Gasteiger partial charge in [-0.25, -0.2) is 0 Å². The van der Waals surface area contributed by atoms with Crippen LogP contribution in [0, 0.1) is 6.92 Å². The SMILES string of the molecule is Cc1ccc(COc2cccc(C=Cc3ccc(CN4CCCCC4)cc3)c2)cc1. The van der Waals surface area contributed by atoms with Crippen LogP contribution in [0.3, 0.4) is 0 Å². The smallest absolute Gasteiger partial charge is 0.120 e. The number of aryl methyl sites for hydroxylation is 1. The number of hydrogen-bond donors (Lipinski definition) is 0. The van der Waals surface area contributed by atoms with Gasteiger partial charge in [-0.1, -0.05) is 84.8 Å². The molecule has 0 amide bonds. The molecule has 1 saturated heterocycles. The van der Waals surface area contributed by atoms with E-state index in [9.17, 15) is 0 Å². The average Bonchev–Trinajstić information content (AvgIpc) is 2.79. The van der Waals surface area contributed by atoms with Crippen molar-refractivity contribution < 1.29 is 4.74 Å². The third-order valence-corrected chi connectivity index (χ3v) is 5.69. The zero-order valence-corrected chi connectivity index (χ0v) is 17.9. The summed E-state index contributed by atoms with van der Waals surface area (Å²) in [4.78, 5) is 2.57. The Hall–Kier alpha value is -2.84. The second kappa shape index (κ2) is 10.3. The van der Waals surface area contributed by atoms with E-state index < -0.39 is 0 Å². The number of benzene rings is 3. The molecule has 1 fully saturated rings. The molecule has 30 heavy (non-hydrogen) atoms. The van der Waals surface area contributed by atoms with Crippen LogP contribution in [0.1, 0.15) is 47.1 Å². The lowest BCUT2D eigenvalue weighted by molar-refractivity contribution is 0.221. The normalized spacial score (nSPS) is 14.8. The van der Waals surface area contributed by atoms with Crippen LogP contribution in [0.25, 0.3) is 12.2 Å². The molecule has 3 aromatic carbocycles. The average molecular weight is 398 g/mol. The summed E-state index contributed by atoms with van der Waals surface area (Å²) in [5.41, 5.74) is 6.23. The molecule has 2 heteroatoms. The topological polar surface area (TPSA) is 12.5 Å². The maximum Gasteiger partial charge on any atom is 0.120 e. The lowest BCUT2D eigenvalue weighted by Crippen LogP contribution is -2.28. The number of piperidine rings is 1. The van der Waals surface area contributed by atoms with E-state index in [1.54, 1.807) is 0 Å². The first-order valence-corrected chi connectivity index (χ1v) is 11.0. The van der Waals surface area contributed by atoms with Crippen molar-refractivity contribution in [3.63, 3.8) is 0 Å². The van der Waals surface area contributed by atoms with Crippen molar-refractivity contribution in [1.82, 2.24) is 4.90 Å². The van der Waals surface area contributed by atoms with Crippen LogP contribution in [0.4, 0.5) is 0 Å². The fourth-order valence-corrected chi connectivity index (χ4v) is 3.86. The van der Waals surface area contributed by atoms with Crippen LogP contribution in [-0.2, 0) is 13.2 Å². The highest BCUT2D eigenvalue weighted by molar-refractivity contribution is 5.70. The summed E-state index contributed by atoms with van der Waals surface area (Å²) in [7, 11) is 0. The van der Waals surface area contributed by atoms with E-state index in [1.807, 2.05) is 12.1 Å². The Morgan fingerprint density at radius 2 is 1.47 bits per heavy atom. The molecule has 0 atom stereocenters. The largest absolute Gasteiger partial charge is 0.489 e. The number of rotatable bonds is 7. The third-order valence-electron chi connectivity index (χ3n) is 5.69. The van der Waals surface area contributed by atoms with E-state index in [1.165, 1.54) is 54.6 Å². The summed E-state index contributed by atoms with van der Waals surface area (Å²) in [6.45, 7) is 6.24. The van der Waals surface area contributed by atoms with Crippen molar-refractivity contribution in [3.8, 4) is 5.75 Å². The molecule has 3 aromatic rings. The molecule has 0 saturated carbocycles. The number of hydrogen-bond acceptors (Lipinski definition) is 2. The van der Waals surface area contributed by atoms with Crippen molar-refractivity contribution in [1.29, 1.82) is 0 Å². The quantitative estimate of drug-likeness (QED) is 0.410. The van der Waals surface area contributed by atoms with Gasteiger partial charge in [-0.15, -0.1) is 0 Å². The summed E-state index contributed by atoms with van der Waals surface area (Å²) in [5.74, 6) is 0.898. The number of likely N-dealkylation sites (tertiary alicyclic amines) is 1. The lowest BCUT2D eigenvalue weighted by Gasteiger charge is -2.26. The third kappa shape index (κ3) is 6.08. The van der Waals surface area contributed by atoms with Gasteiger partial charge in [-0.2, -0.15) is 0 Å². The Morgan fingerprint density at radius 3 is 2.23 bits per heavy atom. The van der Waals surface area contributed by atoms with Crippen LogP contribution in [-0.4, -0.2) is 18.0 Å². The lowest BCUT2D eigenvalue weighted by atomic mass is 10.1. The zero-order valence-electron chi connectivity index (χ0n) is 17.9. The predicted molar refractivity (Wildman–Crippen MR) is 126 cm³/mol. The monoisotopic (exact) mass is 397 g/mol. The minimum absolute atomic E-state index is 0.589. The van der Waals surface area contributed by atoms with E-state index in [0.717, 1.165) is 17.9 Å². The Bertz CT molecular complexity index is 951. The van der Waals surface area contributed by atoms with Crippen LogP contribution >= 0.6 is 0 Å². The van der Waals surface area contributed by atoms with Gasteiger partial charge < -0.3 is 4.74 Å². The van der Waals surface area contributed by atoms with Crippen molar-refractivity contribution >= 4 is 12.2 Å². The molecule has 2 nitrogen and oxygen atoms in total. The van der Waals surface area contributed by atoms with Crippen LogP contribution in [0.5, 0.6) is 5.75 Å². The Kier molecular flexibility index (Phi) is 6.99. The van der Waals surface area contributed by atoms with Gasteiger partial charge in [0.15, 0.2) is 0 Å². The van der Waals surface area contributed by atoms with Crippen molar-refractivity contribution in [3.05, 3.63) is 101 Å². The van der Waals surface area contributed by atoms with Crippen LogP contribution in [0.15, 0.2) is 72.8 Å². The molecule has 1 aliphatic heterocycles.